The Kier molecular flexibility index (Phi) is 6.40. The van der Waals surface area contributed by atoms with E-state index in [1.54, 1.807) is 0 Å². The minimum Gasteiger partial charge on any atom is -0.454 e. The summed E-state index contributed by atoms with van der Waals surface area (Å²) in [5, 5.41) is 8.71. The second-order valence-electron chi connectivity index (χ2n) is 2.57. The van der Waals surface area contributed by atoms with E-state index >= 15 is 0 Å². The molecule has 2 atom stereocenters. The van der Waals surface area contributed by atoms with Crippen molar-refractivity contribution in [2.24, 2.45) is 0 Å². The van der Waals surface area contributed by atoms with E-state index in [1.807, 2.05) is 0 Å². The Morgan fingerprint density at radius 2 is 2.21 bits per heavy atom. The molecule has 0 aliphatic rings. The van der Waals surface area contributed by atoms with Crippen LogP contribution in [0.25, 0.3) is 0 Å². The number of carbonyl (C=O) groups is 1. The maximum atomic E-state index is 10.9. The van der Waals surface area contributed by atoms with Gasteiger partial charge >= 0.3 is 14.2 Å². The number of aliphatic hydroxyl groups excluding tert-OH is 1. The molecule has 0 rings (SSSR count). The third-order valence-electron chi connectivity index (χ3n) is 1.22. The molecule has 0 aromatic heterocycles. The first-order valence-electron chi connectivity index (χ1n) is 3.80. The SMILES string of the molecule is C=C(C)C(=O)OC(CO)CO[PH](=O)O. The lowest BCUT2D eigenvalue weighted by atomic mass is 10.3. The van der Waals surface area contributed by atoms with Gasteiger partial charge in [0.1, 0.15) is 6.10 Å². The minimum absolute atomic E-state index is 0.181. The van der Waals surface area contributed by atoms with E-state index in [2.05, 4.69) is 15.8 Å². The molecular weight excluding hydrogens is 211 g/mol. The Hall–Kier alpha value is -0.680. The molecule has 2 N–H and O–H groups in total. The monoisotopic (exact) mass is 224 g/mol. The first kappa shape index (κ1) is 13.3. The molecule has 0 bridgehead atoms. The summed E-state index contributed by atoms with van der Waals surface area (Å²) in [4.78, 5) is 19.3. The zero-order valence-electron chi connectivity index (χ0n) is 7.73. The van der Waals surface area contributed by atoms with E-state index in [0.29, 0.717) is 0 Å². The quantitative estimate of drug-likeness (QED) is 0.370. The molecule has 0 aromatic rings. The van der Waals surface area contributed by atoms with Gasteiger partial charge in [-0.25, -0.2) is 4.79 Å². The summed E-state index contributed by atoms with van der Waals surface area (Å²) in [5.41, 5.74) is 0.181. The van der Waals surface area contributed by atoms with Crippen molar-refractivity contribution in [3.05, 3.63) is 12.2 Å². The fourth-order valence-corrected chi connectivity index (χ4v) is 0.869. The number of rotatable bonds is 6. The molecule has 6 nitrogen and oxygen atoms in total. The fraction of sp³-hybridized carbons (Fsp3) is 0.571. The molecule has 0 heterocycles. The normalized spacial score (nSPS) is 14.5. The van der Waals surface area contributed by atoms with E-state index in [9.17, 15) is 9.36 Å². The predicted molar refractivity (Wildman–Crippen MR) is 49.0 cm³/mol. The minimum atomic E-state index is -3.07. The van der Waals surface area contributed by atoms with Gasteiger partial charge < -0.3 is 19.3 Å². The van der Waals surface area contributed by atoms with Crippen molar-refractivity contribution in [3.8, 4) is 0 Å². The molecule has 7 heteroatoms. The van der Waals surface area contributed by atoms with Crippen LogP contribution in [0.3, 0.4) is 0 Å². The van der Waals surface area contributed by atoms with E-state index in [1.165, 1.54) is 6.92 Å². The van der Waals surface area contributed by atoms with Gasteiger partial charge in [-0.2, -0.15) is 0 Å². The first-order chi connectivity index (χ1) is 6.47. The summed E-state index contributed by atoms with van der Waals surface area (Å²) in [6.45, 7) is 3.99. The summed E-state index contributed by atoms with van der Waals surface area (Å²) in [6, 6.07) is 0. The van der Waals surface area contributed by atoms with Gasteiger partial charge in [0, 0.05) is 5.57 Å². The maximum Gasteiger partial charge on any atom is 0.333 e. The zero-order chi connectivity index (χ0) is 11.1. The molecule has 0 radical (unpaired) electrons. The van der Waals surface area contributed by atoms with Crippen LogP contribution < -0.4 is 0 Å². The van der Waals surface area contributed by atoms with Gasteiger partial charge in [0.25, 0.3) is 0 Å². The van der Waals surface area contributed by atoms with Crippen LogP contribution >= 0.6 is 8.25 Å². The number of esters is 1. The van der Waals surface area contributed by atoms with Gasteiger partial charge in [0.15, 0.2) is 0 Å². The van der Waals surface area contributed by atoms with Crippen LogP contribution in [-0.2, 0) is 18.6 Å². The van der Waals surface area contributed by atoms with Crippen molar-refractivity contribution in [1.29, 1.82) is 0 Å². The van der Waals surface area contributed by atoms with Crippen LogP contribution in [0.4, 0.5) is 0 Å². The van der Waals surface area contributed by atoms with Gasteiger partial charge in [0.2, 0.25) is 0 Å². The number of carbonyl (C=O) groups excluding carboxylic acids is 1. The summed E-state index contributed by atoms with van der Waals surface area (Å²) >= 11 is 0. The van der Waals surface area contributed by atoms with Gasteiger partial charge in [-0.1, -0.05) is 6.58 Å². The molecule has 0 saturated carbocycles. The molecule has 0 saturated heterocycles. The van der Waals surface area contributed by atoms with Crippen molar-refractivity contribution >= 4 is 14.2 Å². The third-order valence-corrected chi connectivity index (χ3v) is 1.63. The van der Waals surface area contributed by atoms with Crippen LogP contribution in [-0.4, -0.2) is 35.3 Å². The average Bonchev–Trinajstić information content (AvgIpc) is 2.11. The van der Waals surface area contributed by atoms with E-state index in [-0.39, 0.29) is 12.2 Å². The molecule has 0 amide bonds. The summed E-state index contributed by atoms with van der Waals surface area (Å²) in [6.07, 6.45) is -0.944. The van der Waals surface area contributed by atoms with E-state index in [0.717, 1.165) is 0 Å². The molecule has 0 spiro atoms. The maximum absolute atomic E-state index is 10.9. The summed E-state index contributed by atoms with van der Waals surface area (Å²) in [5.74, 6) is -0.676. The second-order valence-corrected chi connectivity index (χ2v) is 3.39. The summed E-state index contributed by atoms with van der Waals surface area (Å²) < 4.78 is 19.1. The Balaban J connectivity index is 3.96. The largest absolute Gasteiger partial charge is 0.454 e. The number of ether oxygens (including phenoxy) is 1. The van der Waals surface area contributed by atoms with E-state index < -0.39 is 26.9 Å². The fourth-order valence-electron chi connectivity index (χ4n) is 0.540. The molecule has 14 heavy (non-hydrogen) atoms. The summed E-state index contributed by atoms with van der Waals surface area (Å²) in [7, 11) is -3.07. The van der Waals surface area contributed by atoms with Crippen LogP contribution in [0, 0.1) is 0 Å². The second kappa shape index (κ2) is 6.73. The molecule has 0 aliphatic carbocycles. The topological polar surface area (TPSA) is 93.1 Å². The average molecular weight is 224 g/mol. The standard InChI is InChI=1S/C7H13O6P/c1-5(2)7(9)13-6(3-8)4-12-14(10)11/h6,8,14H,1,3-4H2,2H3,(H,10,11). The highest BCUT2D eigenvalue weighted by Crippen LogP contribution is 2.15. The van der Waals surface area contributed by atoms with Crippen molar-refractivity contribution in [1.82, 2.24) is 0 Å². The zero-order valence-corrected chi connectivity index (χ0v) is 8.73. The van der Waals surface area contributed by atoms with Gasteiger partial charge in [-0.15, -0.1) is 0 Å². The highest BCUT2D eigenvalue weighted by Gasteiger charge is 2.14. The van der Waals surface area contributed by atoms with Crippen LogP contribution in [0.1, 0.15) is 6.92 Å². The van der Waals surface area contributed by atoms with E-state index in [4.69, 9.17) is 10.00 Å². The van der Waals surface area contributed by atoms with Crippen LogP contribution in [0.15, 0.2) is 12.2 Å². The van der Waals surface area contributed by atoms with Crippen LogP contribution in [0.5, 0.6) is 0 Å². The van der Waals surface area contributed by atoms with Crippen molar-refractivity contribution < 1.29 is 28.6 Å². The van der Waals surface area contributed by atoms with Crippen molar-refractivity contribution in [2.45, 2.75) is 13.0 Å². The molecule has 0 aliphatic heterocycles. The molecule has 2 unspecified atom stereocenters. The highest BCUT2D eigenvalue weighted by molar-refractivity contribution is 7.32. The van der Waals surface area contributed by atoms with Crippen LogP contribution in [0.2, 0.25) is 0 Å². The van der Waals surface area contributed by atoms with Gasteiger partial charge in [-0.05, 0) is 6.92 Å². The Morgan fingerprint density at radius 3 is 2.57 bits per heavy atom. The Labute approximate surface area is 82.1 Å². The first-order valence-corrected chi connectivity index (χ1v) is 5.06. The lowest BCUT2D eigenvalue weighted by Crippen LogP contribution is -2.26. The lowest BCUT2D eigenvalue weighted by molar-refractivity contribution is -0.147. The van der Waals surface area contributed by atoms with Gasteiger partial charge in [-0.3, -0.25) is 4.57 Å². The highest BCUT2D eigenvalue weighted by atomic mass is 31.1. The molecule has 82 valence electrons. The smallest absolute Gasteiger partial charge is 0.333 e. The Bertz CT molecular complexity index is 238. The number of aliphatic hydroxyl groups is 1. The third kappa shape index (κ3) is 5.88. The predicted octanol–water partition coefficient (Wildman–Crippen LogP) is -0.135. The molecule has 0 aromatic carbocycles. The number of hydrogen-bond acceptors (Lipinski definition) is 5. The van der Waals surface area contributed by atoms with Gasteiger partial charge in [0.05, 0.1) is 13.2 Å². The molecular formula is C7H13O6P. The molecule has 0 fully saturated rings. The van der Waals surface area contributed by atoms with Crippen molar-refractivity contribution in [2.75, 3.05) is 13.2 Å². The Morgan fingerprint density at radius 1 is 1.64 bits per heavy atom. The lowest BCUT2D eigenvalue weighted by Gasteiger charge is -2.14. The number of hydrogen-bond donors (Lipinski definition) is 2. The van der Waals surface area contributed by atoms with Crippen molar-refractivity contribution in [3.63, 3.8) is 0 Å².